The van der Waals surface area contributed by atoms with Gasteiger partial charge in [-0.25, -0.2) is 0 Å². The molecule has 1 heteroatoms. The predicted molar refractivity (Wildman–Crippen MR) is 62.3 cm³/mol. The summed E-state index contributed by atoms with van der Waals surface area (Å²) in [6, 6.07) is 4.44. The van der Waals surface area contributed by atoms with Gasteiger partial charge in [0.15, 0.2) is 0 Å². The molecule has 0 fully saturated rings. The Morgan fingerprint density at radius 2 is 1.85 bits per heavy atom. The average molecular weight is 194 g/mol. The Morgan fingerprint density at radius 1 is 1.15 bits per heavy atom. The molecule has 1 rings (SSSR count). The minimum absolute atomic E-state index is 0.643. The van der Waals surface area contributed by atoms with Crippen LogP contribution in [0.5, 0.6) is 0 Å². The fraction of sp³-hybridized carbons (Fsp3) is 0.500. The van der Waals surface area contributed by atoms with Gasteiger partial charge in [0.1, 0.15) is 0 Å². The molecule has 0 bridgehead atoms. The lowest BCUT2D eigenvalue weighted by molar-refractivity contribution is 0.836. The highest BCUT2D eigenvalue weighted by Crippen LogP contribution is 2.25. The summed E-state index contributed by atoms with van der Waals surface area (Å²) in [4.78, 5) is 2.85. The second-order valence-electron chi connectivity index (χ2n) is 4.00. The summed E-state index contributed by atoms with van der Waals surface area (Å²) in [5.74, 6) is 1.30. The van der Waals surface area contributed by atoms with Crippen LogP contribution in [-0.4, -0.2) is 0 Å². The predicted octanol–water partition coefficient (Wildman–Crippen LogP) is 4.54. The minimum atomic E-state index is 0.643. The normalized spacial score (nSPS) is 12.2. The molecular formula is C12H18S. The number of thiophene rings is 1. The maximum absolute atomic E-state index is 2.25. The molecular weight excluding hydrogens is 176 g/mol. The van der Waals surface area contributed by atoms with Gasteiger partial charge >= 0.3 is 0 Å². The van der Waals surface area contributed by atoms with E-state index < -0.39 is 0 Å². The van der Waals surface area contributed by atoms with E-state index in [4.69, 9.17) is 0 Å². The largest absolute Gasteiger partial charge is 0.141 e. The van der Waals surface area contributed by atoms with Crippen LogP contribution in [0.2, 0.25) is 0 Å². The van der Waals surface area contributed by atoms with Gasteiger partial charge in [-0.3, -0.25) is 0 Å². The van der Waals surface area contributed by atoms with Crippen LogP contribution in [0, 0.1) is 5.92 Å². The Hall–Kier alpha value is -0.560. The average Bonchev–Trinajstić information content (AvgIpc) is 2.48. The van der Waals surface area contributed by atoms with Crippen molar-refractivity contribution in [2.75, 3.05) is 0 Å². The molecule has 0 atom stereocenters. The first kappa shape index (κ1) is 10.5. The van der Waals surface area contributed by atoms with E-state index in [2.05, 4.69) is 52.0 Å². The summed E-state index contributed by atoms with van der Waals surface area (Å²) in [5, 5.41) is 0. The molecule has 0 aliphatic carbocycles. The molecule has 0 spiro atoms. The zero-order chi connectivity index (χ0) is 9.84. The van der Waals surface area contributed by atoms with Crippen LogP contribution < -0.4 is 0 Å². The van der Waals surface area contributed by atoms with Crippen molar-refractivity contribution in [2.45, 2.75) is 33.6 Å². The van der Waals surface area contributed by atoms with Crippen molar-refractivity contribution < 1.29 is 0 Å². The maximum Gasteiger partial charge on any atom is 0.0270 e. The van der Waals surface area contributed by atoms with Crippen molar-refractivity contribution in [3.8, 4) is 0 Å². The highest BCUT2D eigenvalue weighted by Gasteiger charge is 2.01. The second-order valence-corrected chi connectivity index (χ2v) is 5.14. The zero-order valence-electron chi connectivity index (χ0n) is 8.87. The molecule has 0 aliphatic heterocycles. The van der Waals surface area contributed by atoms with Crippen molar-refractivity contribution in [3.63, 3.8) is 0 Å². The van der Waals surface area contributed by atoms with Gasteiger partial charge in [-0.15, -0.1) is 11.3 Å². The third kappa shape index (κ3) is 3.35. The molecule has 1 aromatic heterocycles. The summed E-state index contributed by atoms with van der Waals surface area (Å²) in [7, 11) is 0. The lowest BCUT2D eigenvalue weighted by atomic mass is 10.2. The highest BCUT2D eigenvalue weighted by molar-refractivity contribution is 7.13. The Kier molecular flexibility index (Phi) is 3.73. The van der Waals surface area contributed by atoms with Gasteiger partial charge in [-0.1, -0.05) is 33.8 Å². The molecule has 1 heterocycles. The van der Waals surface area contributed by atoms with Crippen LogP contribution in [-0.2, 0) is 0 Å². The zero-order valence-corrected chi connectivity index (χ0v) is 9.69. The fourth-order valence-electron chi connectivity index (χ4n) is 1.06. The Bertz CT molecular complexity index is 279. The monoisotopic (exact) mass is 194 g/mol. The van der Waals surface area contributed by atoms with Crippen molar-refractivity contribution in [1.82, 2.24) is 0 Å². The van der Waals surface area contributed by atoms with Crippen LogP contribution in [0.25, 0.3) is 6.08 Å². The first-order valence-electron chi connectivity index (χ1n) is 4.87. The van der Waals surface area contributed by atoms with Gasteiger partial charge in [0.25, 0.3) is 0 Å². The van der Waals surface area contributed by atoms with Gasteiger partial charge in [0, 0.05) is 9.75 Å². The molecule has 72 valence electrons. The van der Waals surface area contributed by atoms with Crippen LogP contribution in [0.1, 0.15) is 43.4 Å². The van der Waals surface area contributed by atoms with Gasteiger partial charge in [-0.2, -0.15) is 0 Å². The molecule has 0 aliphatic rings. The Balaban J connectivity index is 2.69. The van der Waals surface area contributed by atoms with E-state index in [9.17, 15) is 0 Å². The molecule has 0 aromatic carbocycles. The summed E-state index contributed by atoms with van der Waals surface area (Å²) in [6.45, 7) is 8.88. The SMILES string of the molecule is CC(C)/C=C/c1ccc(C(C)C)s1. The molecule has 0 saturated heterocycles. The fourth-order valence-corrected chi connectivity index (χ4v) is 1.98. The number of hydrogen-bond acceptors (Lipinski definition) is 1. The quantitative estimate of drug-likeness (QED) is 0.662. The summed E-state index contributed by atoms with van der Waals surface area (Å²) in [5.41, 5.74) is 0. The van der Waals surface area contributed by atoms with Gasteiger partial charge in [0.2, 0.25) is 0 Å². The van der Waals surface area contributed by atoms with Crippen LogP contribution in [0.4, 0.5) is 0 Å². The van der Waals surface area contributed by atoms with E-state index in [-0.39, 0.29) is 0 Å². The molecule has 0 unspecified atom stereocenters. The van der Waals surface area contributed by atoms with E-state index in [1.807, 2.05) is 11.3 Å². The molecule has 0 amide bonds. The van der Waals surface area contributed by atoms with Crippen LogP contribution in [0.3, 0.4) is 0 Å². The first-order valence-corrected chi connectivity index (χ1v) is 5.69. The standard InChI is InChI=1S/C12H18S/c1-9(2)5-6-11-7-8-12(13-11)10(3)4/h5-10H,1-4H3/b6-5+. The van der Waals surface area contributed by atoms with E-state index in [0.717, 1.165) is 0 Å². The Labute approximate surface area is 85.3 Å². The van der Waals surface area contributed by atoms with Crippen molar-refractivity contribution in [2.24, 2.45) is 5.92 Å². The van der Waals surface area contributed by atoms with Gasteiger partial charge in [-0.05, 0) is 30.0 Å². The van der Waals surface area contributed by atoms with Crippen LogP contribution >= 0.6 is 11.3 Å². The number of hydrogen-bond donors (Lipinski definition) is 0. The second kappa shape index (κ2) is 4.61. The van der Waals surface area contributed by atoms with Crippen molar-refractivity contribution in [3.05, 3.63) is 28.0 Å². The lowest BCUT2D eigenvalue weighted by Gasteiger charge is -1.97. The minimum Gasteiger partial charge on any atom is -0.141 e. The molecule has 13 heavy (non-hydrogen) atoms. The molecule has 0 saturated carbocycles. The molecule has 0 radical (unpaired) electrons. The van der Waals surface area contributed by atoms with E-state index in [0.29, 0.717) is 11.8 Å². The molecule has 0 N–H and O–H groups in total. The topological polar surface area (TPSA) is 0 Å². The van der Waals surface area contributed by atoms with Crippen molar-refractivity contribution in [1.29, 1.82) is 0 Å². The third-order valence-electron chi connectivity index (χ3n) is 1.86. The summed E-state index contributed by atoms with van der Waals surface area (Å²) >= 11 is 1.90. The van der Waals surface area contributed by atoms with Crippen molar-refractivity contribution >= 4 is 17.4 Å². The van der Waals surface area contributed by atoms with Gasteiger partial charge < -0.3 is 0 Å². The van der Waals surface area contributed by atoms with E-state index >= 15 is 0 Å². The summed E-state index contributed by atoms with van der Waals surface area (Å²) < 4.78 is 0. The molecule has 0 nitrogen and oxygen atoms in total. The highest BCUT2D eigenvalue weighted by atomic mass is 32.1. The summed E-state index contributed by atoms with van der Waals surface area (Å²) in [6.07, 6.45) is 4.47. The maximum atomic E-state index is 2.25. The molecule has 1 aromatic rings. The lowest BCUT2D eigenvalue weighted by Crippen LogP contribution is -1.77. The van der Waals surface area contributed by atoms with Gasteiger partial charge in [0.05, 0.1) is 0 Å². The van der Waals surface area contributed by atoms with E-state index in [1.54, 1.807) is 0 Å². The van der Waals surface area contributed by atoms with Crippen LogP contribution in [0.15, 0.2) is 18.2 Å². The van der Waals surface area contributed by atoms with E-state index in [1.165, 1.54) is 9.75 Å². The number of allylic oxidation sites excluding steroid dienone is 1. The smallest absolute Gasteiger partial charge is 0.0270 e. The first-order chi connectivity index (χ1) is 6.09. The number of rotatable bonds is 3. The Morgan fingerprint density at radius 3 is 2.31 bits per heavy atom. The third-order valence-corrected chi connectivity index (χ3v) is 3.21.